The van der Waals surface area contributed by atoms with Crippen LogP contribution in [0.15, 0.2) is 30.5 Å². The number of benzene rings is 1. The summed E-state index contributed by atoms with van der Waals surface area (Å²) in [6.45, 7) is 5.03. The van der Waals surface area contributed by atoms with Crippen LogP contribution in [0.25, 0.3) is 5.65 Å². The Hall–Kier alpha value is -4.28. The predicted octanol–water partition coefficient (Wildman–Crippen LogP) is 2.18. The average Bonchev–Trinajstić information content (AvgIpc) is 3.47. The second-order valence-corrected chi connectivity index (χ2v) is 10.5. The van der Waals surface area contributed by atoms with Gasteiger partial charge in [-0.15, -0.1) is 0 Å². The van der Waals surface area contributed by atoms with Crippen LogP contribution in [0.3, 0.4) is 0 Å². The third kappa shape index (κ3) is 4.51. The van der Waals surface area contributed by atoms with E-state index in [4.69, 9.17) is 4.74 Å². The maximum absolute atomic E-state index is 13.6. The lowest BCUT2D eigenvalue weighted by Crippen LogP contribution is -2.52. The summed E-state index contributed by atoms with van der Waals surface area (Å²) < 4.78 is 7.87. The first-order valence-corrected chi connectivity index (χ1v) is 13.3. The highest BCUT2D eigenvalue weighted by atomic mass is 16.5. The maximum Gasteiger partial charge on any atom is 0.257 e. The van der Waals surface area contributed by atoms with Gasteiger partial charge in [0.05, 0.1) is 23.0 Å². The molecule has 0 saturated carbocycles. The summed E-state index contributed by atoms with van der Waals surface area (Å²) >= 11 is 0. The monoisotopic (exact) mass is 530 g/mol. The summed E-state index contributed by atoms with van der Waals surface area (Å²) in [5.41, 5.74) is 4.16. The van der Waals surface area contributed by atoms with Gasteiger partial charge in [-0.05, 0) is 63.3 Å². The molecule has 2 atom stereocenters. The van der Waals surface area contributed by atoms with E-state index in [1.807, 2.05) is 30.9 Å². The number of carbonyl (C=O) groups is 4. The molecule has 5 heterocycles. The summed E-state index contributed by atoms with van der Waals surface area (Å²) in [6, 6.07) is 6.43. The molecule has 202 valence electrons. The highest BCUT2D eigenvalue weighted by molar-refractivity contribution is 6.05. The normalized spacial score (nSPS) is 21.3. The quantitative estimate of drug-likeness (QED) is 0.501. The van der Waals surface area contributed by atoms with Gasteiger partial charge in [0.1, 0.15) is 18.4 Å². The van der Waals surface area contributed by atoms with Gasteiger partial charge in [0, 0.05) is 37.3 Å². The minimum Gasteiger partial charge on any atom is -0.491 e. The molecule has 2 aromatic heterocycles. The number of carbonyl (C=O) groups excluding carboxylic acids is 4. The van der Waals surface area contributed by atoms with Crippen molar-refractivity contribution in [3.63, 3.8) is 0 Å². The molecule has 11 nitrogen and oxygen atoms in total. The Kier molecular flexibility index (Phi) is 6.28. The molecule has 3 aliphatic rings. The molecule has 1 aromatic carbocycles. The van der Waals surface area contributed by atoms with Gasteiger partial charge in [-0.2, -0.15) is 5.10 Å². The third-order valence-corrected chi connectivity index (χ3v) is 7.90. The second-order valence-electron chi connectivity index (χ2n) is 10.5. The standard InChI is InChI=1S/C28H30N6O5/c1-16-11-24-29-13-22(17(2)34(24)31-16)28(38)32-10-4-3-5-19(32)15-39-20-6-7-21-18(12-20)14-33(27(21)37)23-8-9-25(35)30-26(23)36/h6-7,11-13,19,23H,3-5,8-10,14-15H2,1-2H3,(H,30,35,36)/t19-,23?/m0/s1. The number of likely N-dealkylation sites (tertiary alicyclic amines) is 1. The van der Waals surface area contributed by atoms with Crippen molar-refractivity contribution in [2.24, 2.45) is 0 Å². The summed E-state index contributed by atoms with van der Waals surface area (Å²) in [5.74, 6) is -0.435. The molecule has 1 unspecified atom stereocenters. The van der Waals surface area contributed by atoms with E-state index in [0.29, 0.717) is 42.1 Å². The number of aromatic nitrogens is 3. The summed E-state index contributed by atoms with van der Waals surface area (Å²) in [7, 11) is 0. The van der Waals surface area contributed by atoms with E-state index < -0.39 is 11.9 Å². The van der Waals surface area contributed by atoms with Crippen molar-refractivity contribution in [2.75, 3.05) is 13.2 Å². The Balaban J connectivity index is 1.15. The van der Waals surface area contributed by atoms with E-state index in [0.717, 1.165) is 36.2 Å². The number of aryl methyl sites for hydroxylation is 2. The first-order valence-electron chi connectivity index (χ1n) is 13.3. The van der Waals surface area contributed by atoms with E-state index in [-0.39, 0.29) is 36.7 Å². The molecule has 2 fully saturated rings. The number of piperidine rings is 2. The van der Waals surface area contributed by atoms with Crippen LogP contribution in [-0.2, 0) is 16.1 Å². The van der Waals surface area contributed by atoms with E-state index >= 15 is 0 Å². The fourth-order valence-corrected chi connectivity index (χ4v) is 5.80. The highest BCUT2D eigenvalue weighted by Gasteiger charge is 2.39. The zero-order valence-corrected chi connectivity index (χ0v) is 22.0. The number of nitrogens with zero attached hydrogens (tertiary/aromatic N) is 5. The molecule has 11 heteroatoms. The van der Waals surface area contributed by atoms with Crippen LogP contribution in [0.5, 0.6) is 5.75 Å². The molecule has 6 rings (SSSR count). The topological polar surface area (TPSA) is 126 Å². The lowest BCUT2D eigenvalue weighted by Gasteiger charge is -2.35. The van der Waals surface area contributed by atoms with Gasteiger partial charge in [-0.25, -0.2) is 9.50 Å². The van der Waals surface area contributed by atoms with Gasteiger partial charge in [0.15, 0.2) is 5.65 Å². The van der Waals surface area contributed by atoms with Crippen molar-refractivity contribution >= 4 is 29.3 Å². The number of nitrogens with one attached hydrogen (secondary N) is 1. The first-order chi connectivity index (χ1) is 18.8. The van der Waals surface area contributed by atoms with Gasteiger partial charge < -0.3 is 14.5 Å². The Bertz CT molecular complexity index is 1510. The van der Waals surface area contributed by atoms with Crippen LogP contribution in [0.1, 0.15) is 69.8 Å². The molecule has 4 amide bonds. The minimum atomic E-state index is -0.656. The molecule has 0 bridgehead atoms. The molecule has 0 radical (unpaired) electrons. The molecule has 0 aliphatic carbocycles. The van der Waals surface area contributed by atoms with Crippen molar-refractivity contribution in [3.8, 4) is 5.75 Å². The average molecular weight is 531 g/mol. The lowest BCUT2D eigenvalue weighted by molar-refractivity contribution is -0.136. The predicted molar refractivity (Wildman–Crippen MR) is 139 cm³/mol. The number of ether oxygens (including phenoxy) is 1. The number of imide groups is 1. The highest BCUT2D eigenvalue weighted by Crippen LogP contribution is 2.31. The summed E-state index contributed by atoms with van der Waals surface area (Å²) in [6.07, 6.45) is 4.93. The van der Waals surface area contributed by atoms with Gasteiger partial charge in [0.25, 0.3) is 11.8 Å². The molecule has 39 heavy (non-hydrogen) atoms. The molecule has 1 N–H and O–H groups in total. The van der Waals surface area contributed by atoms with Gasteiger partial charge in [-0.3, -0.25) is 24.5 Å². The number of rotatable bonds is 5. The van der Waals surface area contributed by atoms with Gasteiger partial charge in [0.2, 0.25) is 11.8 Å². The minimum absolute atomic E-state index is 0.0808. The zero-order valence-electron chi connectivity index (χ0n) is 22.0. The van der Waals surface area contributed by atoms with E-state index in [1.165, 1.54) is 4.90 Å². The van der Waals surface area contributed by atoms with Crippen LogP contribution >= 0.6 is 0 Å². The van der Waals surface area contributed by atoms with E-state index in [9.17, 15) is 19.2 Å². The third-order valence-electron chi connectivity index (χ3n) is 7.90. The van der Waals surface area contributed by atoms with Crippen LogP contribution in [0.4, 0.5) is 0 Å². The fourth-order valence-electron chi connectivity index (χ4n) is 5.80. The van der Waals surface area contributed by atoms with Crippen LogP contribution in [0, 0.1) is 13.8 Å². The Morgan fingerprint density at radius 1 is 1.13 bits per heavy atom. The van der Waals surface area contributed by atoms with Crippen molar-refractivity contribution in [1.29, 1.82) is 0 Å². The van der Waals surface area contributed by atoms with Crippen LogP contribution in [-0.4, -0.2) is 73.3 Å². The van der Waals surface area contributed by atoms with Gasteiger partial charge >= 0.3 is 0 Å². The number of amides is 4. The van der Waals surface area contributed by atoms with Gasteiger partial charge in [-0.1, -0.05) is 0 Å². The number of fused-ring (bicyclic) bond motifs is 2. The lowest BCUT2D eigenvalue weighted by atomic mass is 10.0. The number of hydrogen-bond donors (Lipinski definition) is 1. The van der Waals surface area contributed by atoms with Crippen LogP contribution < -0.4 is 10.1 Å². The maximum atomic E-state index is 13.6. The molecule has 0 spiro atoms. The Labute approximate surface area is 225 Å². The zero-order chi connectivity index (χ0) is 27.3. The first kappa shape index (κ1) is 25.0. The van der Waals surface area contributed by atoms with Crippen molar-refractivity contribution < 1.29 is 23.9 Å². The second kappa shape index (κ2) is 9.79. The molecule has 2 saturated heterocycles. The van der Waals surface area contributed by atoms with Crippen molar-refractivity contribution in [3.05, 3.63) is 58.5 Å². The van der Waals surface area contributed by atoms with E-state index in [1.54, 1.807) is 22.8 Å². The smallest absolute Gasteiger partial charge is 0.257 e. The van der Waals surface area contributed by atoms with Crippen molar-refractivity contribution in [2.45, 2.75) is 64.6 Å². The molecular formula is C28H30N6O5. The van der Waals surface area contributed by atoms with Crippen molar-refractivity contribution in [1.82, 2.24) is 29.7 Å². The SMILES string of the molecule is Cc1cc2ncc(C(=O)N3CCCC[C@H]3COc3ccc4c(c3)CN(C3CCC(=O)NC3=O)C4=O)c(C)n2n1. The fraction of sp³-hybridized carbons (Fsp3) is 0.429. The molecule has 3 aromatic rings. The summed E-state index contributed by atoms with van der Waals surface area (Å²) in [4.78, 5) is 58.2. The van der Waals surface area contributed by atoms with Crippen LogP contribution in [0.2, 0.25) is 0 Å². The van der Waals surface area contributed by atoms with E-state index in [2.05, 4.69) is 15.4 Å². The summed E-state index contributed by atoms with van der Waals surface area (Å²) in [5, 5.41) is 6.79. The Morgan fingerprint density at radius 3 is 2.79 bits per heavy atom. The number of hydrogen-bond acceptors (Lipinski definition) is 7. The molecule has 3 aliphatic heterocycles. The largest absolute Gasteiger partial charge is 0.491 e. The Morgan fingerprint density at radius 2 is 1.97 bits per heavy atom. The molecular weight excluding hydrogens is 500 g/mol.